The van der Waals surface area contributed by atoms with Crippen molar-refractivity contribution in [3.63, 3.8) is 0 Å². The van der Waals surface area contributed by atoms with Crippen molar-refractivity contribution in [1.82, 2.24) is 0 Å². The maximum absolute atomic E-state index is 12.7. The third-order valence-electron chi connectivity index (χ3n) is 5.50. The van der Waals surface area contributed by atoms with Crippen LogP contribution in [-0.2, 0) is 17.3 Å². The van der Waals surface area contributed by atoms with E-state index in [4.69, 9.17) is 4.74 Å². The maximum atomic E-state index is 12.7. The Bertz CT molecular complexity index is 831. The largest absolute Gasteiger partial charge is 0.458 e. The number of anilines is 1. The SMILES string of the molecule is CN(C)c1ccccc1CC1CCCCC1OC(=O)c1ccc(C(F)(F)F)cc1. The summed E-state index contributed by atoms with van der Waals surface area (Å²) in [6.45, 7) is 0. The second-order valence-electron chi connectivity index (χ2n) is 7.79. The highest BCUT2D eigenvalue weighted by Crippen LogP contribution is 2.33. The molecule has 0 radical (unpaired) electrons. The number of para-hydroxylation sites is 1. The van der Waals surface area contributed by atoms with E-state index < -0.39 is 17.7 Å². The zero-order valence-corrected chi connectivity index (χ0v) is 16.7. The second-order valence-corrected chi connectivity index (χ2v) is 7.79. The van der Waals surface area contributed by atoms with Crippen molar-refractivity contribution in [3.05, 3.63) is 65.2 Å². The third kappa shape index (κ3) is 5.31. The number of esters is 1. The van der Waals surface area contributed by atoms with Gasteiger partial charge < -0.3 is 9.64 Å². The normalized spacial score (nSPS) is 19.6. The van der Waals surface area contributed by atoms with Crippen LogP contribution in [-0.4, -0.2) is 26.2 Å². The predicted octanol–water partition coefficient (Wildman–Crippen LogP) is 5.73. The van der Waals surface area contributed by atoms with Gasteiger partial charge in [-0.2, -0.15) is 13.2 Å². The molecule has 0 aliphatic heterocycles. The molecule has 0 bridgehead atoms. The number of hydrogen-bond donors (Lipinski definition) is 0. The molecule has 0 saturated heterocycles. The second kappa shape index (κ2) is 8.89. The first kappa shape index (κ1) is 21.2. The van der Waals surface area contributed by atoms with Crippen LogP contribution in [0.4, 0.5) is 18.9 Å². The lowest BCUT2D eigenvalue weighted by Crippen LogP contribution is -2.32. The molecule has 0 aromatic heterocycles. The topological polar surface area (TPSA) is 29.5 Å². The van der Waals surface area contributed by atoms with Gasteiger partial charge in [0.2, 0.25) is 0 Å². The number of ether oxygens (including phenoxy) is 1. The minimum absolute atomic E-state index is 0.149. The number of rotatable bonds is 5. The fraction of sp³-hybridized carbons (Fsp3) is 0.435. The summed E-state index contributed by atoms with van der Waals surface area (Å²) < 4.78 is 43.9. The quantitative estimate of drug-likeness (QED) is 0.595. The molecule has 156 valence electrons. The maximum Gasteiger partial charge on any atom is 0.416 e. The van der Waals surface area contributed by atoms with E-state index in [9.17, 15) is 18.0 Å². The molecule has 0 heterocycles. The summed E-state index contributed by atoms with van der Waals surface area (Å²) in [4.78, 5) is 14.6. The van der Waals surface area contributed by atoms with E-state index in [0.29, 0.717) is 0 Å². The lowest BCUT2D eigenvalue weighted by Gasteiger charge is -2.32. The molecule has 2 aromatic carbocycles. The summed E-state index contributed by atoms with van der Waals surface area (Å²) >= 11 is 0. The first-order valence-electron chi connectivity index (χ1n) is 9.89. The van der Waals surface area contributed by atoms with Crippen molar-refractivity contribution >= 4 is 11.7 Å². The van der Waals surface area contributed by atoms with Crippen LogP contribution < -0.4 is 4.90 Å². The number of benzene rings is 2. The molecule has 1 saturated carbocycles. The highest BCUT2D eigenvalue weighted by atomic mass is 19.4. The lowest BCUT2D eigenvalue weighted by atomic mass is 9.82. The Kier molecular flexibility index (Phi) is 6.50. The van der Waals surface area contributed by atoms with Crippen molar-refractivity contribution in [2.75, 3.05) is 19.0 Å². The van der Waals surface area contributed by atoms with Gasteiger partial charge in [-0.3, -0.25) is 0 Å². The van der Waals surface area contributed by atoms with Crippen molar-refractivity contribution in [2.24, 2.45) is 5.92 Å². The van der Waals surface area contributed by atoms with E-state index in [1.165, 1.54) is 17.7 Å². The Balaban J connectivity index is 1.71. The van der Waals surface area contributed by atoms with Crippen LogP contribution in [0.25, 0.3) is 0 Å². The lowest BCUT2D eigenvalue weighted by molar-refractivity contribution is -0.137. The molecule has 3 nitrogen and oxygen atoms in total. The first-order chi connectivity index (χ1) is 13.8. The fourth-order valence-corrected chi connectivity index (χ4v) is 3.97. The van der Waals surface area contributed by atoms with Crippen LogP contribution in [0.2, 0.25) is 0 Å². The molecule has 1 fully saturated rings. The predicted molar refractivity (Wildman–Crippen MR) is 107 cm³/mol. The highest BCUT2D eigenvalue weighted by molar-refractivity contribution is 5.89. The van der Waals surface area contributed by atoms with E-state index in [1.54, 1.807) is 0 Å². The molecule has 2 unspecified atom stereocenters. The summed E-state index contributed by atoms with van der Waals surface area (Å²) in [5.41, 5.74) is 1.73. The van der Waals surface area contributed by atoms with Crippen molar-refractivity contribution in [2.45, 2.75) is 44.4 Å². The monoisotopic (exact) mass is 405 g/mol. The summed E-state index contributed by atoms with van der Waals surface area (Å²) in [6, 6.07) is 12.4. The van der Waals surface area contributed by atoms with E-state index in [-0.39, 0.29) is 17.6 Å². The average Bonchev–Trinajstić information content (AvgIpc) is 2.69. The average molecular weight is 405 g/mol. The molecule has 0 N–H and O–H groups in total. The van der Waals surface area contributed by atoms with Gasteiger partial charge in [-0.15, -0.1) is 0 Å². The Hall–Kier alpha value is -2.50. The van der Waals surface area contributed by atoms with Gasteiger partial charge in [0, 0.05) is 25.7 Å². The van der Waals surface area contributed by atoms with Gasteiger partial charge in [0.25, 0.3) is 0 Å². The van der Waals surface area contributed by atoms with Gasteiger partial charge in [0.1, 0.15) is 6.10 Å². The molecular formula is C23H26F3NO2. The zero-order valence-electron chi connectivity index (χ0n) is 16.7. The fourth-order valence-electron chi connectivity index (χ4n) is 3.97. The minimum Gasteiger partial charge on any atom is -0.458 e. The summed E-state index contributed by atoms with van der Waals surface area (Å²) in [5, 5.41) is 0. The van der Waals surface area contributed by atoms with Crippen molar-refractivity contribution in [1.29, 1.82) is 0 Å². The number of hydrogen-bond acceptors (Lipinski definition) is 3. The standard InChI is InChI=1S/C23H26F3NO2/c1-27(2)20-9-5-3-7-17(20)15-18-8-4-6-10-21(18)29-22(28)16-11-13-19(14-12-16)23(24,25)26/h3,5,7,9,11-14,18,21H,4,6,8,10,15H2,1-2H3. The van der Waals surface area contributed by atoms with Gasteiger partial charge >= 0.3 is 12.1 Å². The molecule has 1 aliphatic carbocycles. The summed E-state index contributed by atoms with van der Waals surface area (Å²) in [5.74, 6) is -0.361. The highest BCUT2D eigenvalue weighted by Gasteiger charge is 2.32. The molecule has 2 aromatic rings. The van der Waals surface area contributed by atoms with Gasteiger partial charge in [-0.25, -0.2) is 4.79 Å². The van der Waals surface area contributed by atoms with Crippen molar-refractivity contribution < 1.29 is 22.7 Å². The van der Waals surface area contributed by atoms with Crippen LogP contribution in [0.5, 0.6) is 0 Å². The van der Waals surface area contributed by atoms with Crippen molar-refractivity contribution in [3.8, 4) is 0 Å². The first-order valence-corrected chi connectivity index (χ1v) is 9.89. The smallest absolute Gasteiger partial charge is 0.416 e. The number of alkyl halides is 3. The van der Waals surface area contributed by atoms with Gasteiger partial charge in [0.05, 0.1) is 11.1 Å². The van der Waals surface area contributed by atoms with Crippen LogP contribution in [0.3, 0.4) is 0 Å². The van der Waals surface area contributed by atoms with E-state index >= 15 is 0 Å². The molecule has 6 heteroatoms. The van der Waals surface area contributed by atoms with Crippen LogP contribution in [0, 0.1) is 5.92 Å². The zero-order chi connectivity index (χ0) is 21.0. The Morgan fingerprint density at radius 3 is 2.34 bits per heavy atom. The number of carbonyl (C=O) groups excluding carboxylic acids is 1. The Labute approximate surface area is 169 Å². The Morgan fingerprint density at radius 1 is 1.03 bits per heavy atom. The number of nitrogens with zero attached hydrogens (tertiary/aromatic N) is 1. The van der Waals surface area contributed by atoms with Crippen LogP contribution in [0.1, 0.15) is 47.2 Å². The summed E-state index contributed by atoms with van der Waals surface area (Å²) in [7, 11) is 4.00. The minimum atomic E-state index is -4.42. The molecule has 3 rings (SSSR count). The molecule has 2 atom stereocenters. The van der Waals surface area contributed by atoms with E-state index in [0.717, 1.165) is 49.9 Å². The molecule has 0 spiro atoms. The molecular weight excluding hydrogens is 379 g/mol. The van der Waals surface area contributed by atoms with Gasteiger partial charge in [-0.1, -0.05) is 24.6 Å². The van der Waals surface area contributed by atoms with E-state index in [1.807, 2.05) is 26.2 Å². The Morgan fingerprint density at radius 2 is 1.69 bits per heavy atom. The van der Waals surface area contributed by atoms with E-state index in [2.05, 4.69) is 17.0 Å². The molecule has 1 aliphatic rings. The third-order valence-corrected chi connectivity index (χ3v) is 5.50. The van der Waals surface area contributed by atoms with Gasteiger partial charge in [0.15, 0.2) is 0 Å². The summed E-state index contributed by atoms with van der Waals surface area (Å²) in [6.07, 6.45) is -0.0297. The number of halogens is 3. The van der Waals surface area contributed by atoms with Gasteiger partial charge in [-0.05, 0) is 61.6 Å². The van der Waals surface area contributed by atoms with Crippen LogP contribution in [0.15, 0.2) is 48.5 Å². The number of carbonyl (C=O) groups is 1. The molecule has 0 amide bonds. The van der Waals surface area contributed by atoms with Crippen LogP contribution >= 0.6 is 0 Å². The molecule has 29 heavy (non-hydrogen) atoms.